The summed E-state index contributed by atoms with van der Waals surface area (Å²) in [7, 11) is 4.39. The number of ether oxygens (including phenoxy) is 3. The molecule has 0 saturated carbocycles. The standard InChI is InChI=1S/C17H23NO5/c1-10(2)15-12-9-14(22-4)13(21-3)8-11(12)6-7-18(15)16(19)17(20)23-5/h8-10,15H,6-7H2,1-5H3. The van der Waals surface area contributed by atoms with Crippen LogP contribution >= 0.6 is 0 Å². The topological polar surface area (TPSA) is 65.1 Å². The minimum Gasteiger partial charge on any atom is -0.493 e. The summed E-state index contributed by atoms with van der Waals surface area (Å²) in [6.45, 7) is 4.52. The molecule has 1 atom stereocenters. The van der Waals surface area contributed by atoms with Crippen molar-refractivity contribution in [3.63, 3.8) is 0 Å². The highest BCUT2D eigenvalue weighted by Crippen LogP contribution is 2.41. The van der Waals surface area contributed by atoms with Crippen LogP contribution in [0.1, 0.15) is 31.0 Å². The van der Waals surface area contributed by atoms with Gasteiger partial charge in [-0.1, -0.05) is 13.8 Å². The van der Waals surface area contributed by atoms with Gasteiger partial charge < -0.3 is 19.1 Å². The van der Waals surface area contributed by atoms with E-state index in [4.69, 9.17) is 9.47 Å². The molecule has 1 unspecified atom stereocenters. The Bertz CT molecular complexity index is 611. The summed E-state index contributed by atoms with van der Waals surface area (Å²) >= 11 is 0. The smallest absolute Gasteiger partial charge is 0.396 e. The lowest BCUT2D eigenvalue weighted by atomic mass is 9.85. The number of methoxy groups -OCH3 is 3. The third-order valence-corrected chi connectivity index (χ3v) is 4.17. The van der Waals surface area contributed by atoms with Crippen LogP contribution in [0.4, 0.5) is 0 Å². The Balaban J connectivity index is 2.49. The van der Waals surface area contributed by atoms with E-state index < -0.39 is 11.9 Å². The van der Waals surface area contributed by atoms with Crippen molar-refractivity contribution in [2.75, 3.05) is 27.9 Å². The SMILES string of the molecule is COC(=O)C(=O)N1CCc2cc(OC)c(OC)cc2C1C(C)C. The van der Waals surface area contributed by atoms with E-state index in [2.05, 4.69) is 4.74 Å². The molecule has 0 aliphatic carbocycles. The molecular weight excluding hydrogens is 298 g/mol. The highest BCUT2D eigenvalue weighted by molar-refractivity contribution is 6.32. The monoisotopic (exact) mass is 321 g/mol. The molecule has 2 rings (SSSR count). The van der Waals surface area contributed by atoms with E-state index in [0.717, 1.165) is 11.1 Å². The van der Waals surface area contributed by atoms with Crippen molar-refractivity contribution < 1.29 is 23.8 Å². The van der Waals surface area contributed by atoms with Crippen molar-refractivity contribution in [2.45, 2.75) is 26.3 Å². The van der Waals surface area contributed by atoms with Gasteiger partial charge in [-0.25, -0.2) is 4.79 Å². The van der Waals surface area contributed by atoms with Crippen molar-refractivity contribution in [1.29, 1.82) is 0 Å². The molecule has 0 spiro atoms. The normalized spacial score (nSPS) is 16.8. The van der Waals surface area contributed by atoms with Crippen LogP contribution in [0.2, 0.25) is 0 Å². The van der Waals surface area contributed by atoms with Crippen LogP contribution in [0, 0.1) is 5.92 Å². The molecule has 0 aromatic heterocycles. The predicted octanol–water partition coefficient (Wildman–Crippen LogP) is 1.96. The Hall–Kier alpha value is -2.24. The summed E-state index contributed by atoms with van der Waals surface area (Å²) in [5.74, 6) is -0.0160. The van der Waals surface area contributed by atoms with Crippen LogP contribution in [-0.2, 0) is 20.7 Å². The summed E-state index contributed by atoms with van der Waals surface area (Å²) in [6, 6.07) is 3.64. The van der Waals surface area contributed by atoms with Crippen molar-refractivity contribution in [2.24, 2.45) is 5.92 Å². The van der Waals surface area contributed by atoms with Crippen LogP contribution < -0.4 is 9.47 Å². The molecule has 0 saturated heterocycles. The quantitative estimate of drug-likeness (QED) is 0.629. The number of hydrogen-bond donors (Lipinski definition) is 0. The second kappa shape index (κ2) is 6.89. The number of rotatable bonds is 3. The van der Waals surface area contributed by atoms with Crippen molar-refractivity contribution >= 4 is 11.9 Å². The van der Waals surface area contributed by atoms with Gasteiger partial charge in [0.05, 0.1) is 27.4 Å². The van der Waals surface area contributed by atoms with Gasteiger partial charge in [-0.05, 0) is 35.6 Å². The minimum atomic E-state index is -0.834. The number of hydrogen-bond acceptors (Lipinski definition) is 5. The number of fused-ring (bicyclic) bond motifs is 1. The summed E-state index contributed by atoms with van der Waals surface area (Å²) in [5.41, 5.74) is 2.09. The molecule has 23 heavy (non-hydrogen) atoms. The Morgan fingerprint density at radius 3 is 2.26 bits per heavy atom. The molecule has 0 fully saturated rings. The first-order valence-corrected chi connectivity index (χ1v) is 7.58. The average Bonchev–Trinajstić information content (AvgIpc) is 2.57. The zero-order valence-corrected chi connectivity index (χ0v) is 14.2. The summed E-state index contributed by atoms with van der Waals surface area (Å²) < 4.78 is 15.3. The van der Waals surface area contributed by atoms with Crippen molar-refractivity contribution in [3.05, 3.63) is 23.3 Å². The average molecular weight is 321 g/mol. The van der Waals surface area contributed by atoms with Gasteiger partial charge in [-0.3, -0.25) is 4.79 Å². The van der Waals surface area contributed by atoms with Gasteiger partial charge in [0, 0.05) is 6.54 Å². The molecule has 1 amide bonds. The minimum absolute atomic E-state index is 0.140. The fourth-order valence-electron chi connectivity index (χ4n) is 3.13. The first kappa shape index (κ1) is 17.1. The number of carbonyl (C=O) groups excluding carboxylic acids is 2. The third-order valence-electron chi connectivity index (χ3n) is 4.17. The van der Waals surface area contributed by atoms with Crippen LogP contribution in [-0.4, -0.2) is 44.7 Å². The maximum absolute atomic E-state index is 12.3. The first-order chi connectivity index (χ1) is 10.9. The van der Waals surface area contributed by atoms with E-state index in [9.17, 15) is 9.59 Å². The number of nitrogens with zero attached hydrogens (tertiary/aromatic N) is 1. The summed E-state index contributed by atoms with van der Waals surface area (Å²) in [5, 5.41) is 0. The Morgan fingerprint density at radius 2 is 1.74 bits per heavy atom. The van der Waals surface area contributed by atoms with Crippen LogP contribution in [0.25, 0.3) is 0 Å². The first-order valence-electron chi connectivity index (χ1n) is 7.58. The maximum Gasteiger partial charge on any atom is 0.396 e. The molecule has 1 heterocycles. The lowest BCUT2D eigenvalue weighted by Crippen LogP contribution is -2.45. The molecule has 0 N–H and O–H groups in total. The molecule has 0 radical (unpaired) electrons. The molecule has 1 aliphatic heterocycles. The molecule has 1 aromatic rings. The number of benzene rings is 1. The summed E-state index contributed by atoms with van der Waals surface area (Å²) in [6.07, 6.45) is 0.654. The van der Waals surface area contributed by atoms with Crippen LogP contribution in [0.5, 0.6) is 11.5 Å². The largest absolute Gasteiger partial charge is 0.493 e. The Labute approximate surface area is 136 Å². The van der Waals surface area contributed by atoms with E-state index in [0.29, 0.717) is 24.5 Å². The van der Waals surface area contributed by atoms with Crippen LogP contribution in [0.15, 0.2) is 12.1 Å². The Kier molecular flexibility index (Phi) is 5.13. The highest BCUT2D eigenvalue weighted by Gasteiger charge is 2.36. The molecule has 6 heteroatoms. The maximum atomic E-state index is 12.3. The van der Waals surface area contributed by atoms with E-state index in [-0.39, 0.29) is 12.0 Å². The number of esters is 1. The molecular formula is C17H23NO5. The van der Waals surface area contributed by atoms with E-state index in [1.807, 2.05) is 26.0 Å². The van der Waals surface area contributed by atoms with Gasteiger partial charge in [0.1, 0.15) is 0 Å². The van der Waals surface area contributed by atoms with Crippen LogP contribution in [0.3, 0.4) is 0 Å². The fourth-order valence-corrected chi connectivity index (χ4v) is 3.13. The van der Waals surface area contributed by atoms with Crippen molar-refractivity contribution in [1.82, 2.24) is 4.90 Å². The van der Waals surface area contributed by atoms with Gasteiger partial charge in [0.25, 0.3) is 0 Å². The van der Waals surface area contributed by atoms with Gasteiger partial charge in [-0.15, -0.1) is 0 Å². The Morgan fingerprint density at radius 1 is 1.13 bits per heavy atom. The van der Waals surface area contributed by atoms with Gasteiger partial charge in [0.2, 0.25) is 0 Å². The molecule has 126 valence electrons. The second-order valence-corrected chi connectivity index (χ2v) is 5.83. The lowest BCUT2D eigenvalue weighted by Gasteiger charge is -2.39. The third kappa shape index (κ3) is 3.11. The van der Waals surface area contributed by atoms with Crippen molar-refractivity contribution in [3.8, 4) is 11.5 Å². The van der Waals surface area contributed by atoms with Gasteiger partial charge >= 0.3 is 11.9 Å². The second-order valence-electron chi connectivity index (χ2n) is 5.83. The van der Waals surface area contributed by atoms with Gasteiger partial charge in [-0.2, -0.15) is 0 Å². The zero-order valence-electron chi connectivity index (χ0n) is 14.2. The number of carbonyl (C=O) groups is 2. The van der Waals surface area contributed by atoms with E-state index >= 15 is 0 Å². The summed E-state index contributed by atoms with van der Waals surface area (Å²) in [4.78, 5) is 25.6. The molecule has 1 aromatic carbocycles. The van der Waals surface area contributed by atoms with Gasteiger partial charge in [0.15, 0.2) is 11.5 Å². The highest BCUT2D eigenvalue weighted by atomic mass is 16.5. The van der Waals surface area contributed by atoms with E-state index in [1.165, 1.54) is 7.11 Å². The zero-order chi connectivity index (χ0) is 17.1. The molecule has 0 bridgehead atoms. The molecule has 6 nitrogen and oxygen atoms in total. The van der Waals surface area contributed by atoms with E-state index in [1.54, 1.807) is 19.1 Å². The lowest BCUT2D eigenvalue weighted by molar-refractivity contribution is -0.160. The predicted molar refractivity (Wildman–Crippen MR) is 84.6 cm³/mol. The molecule has 1 aliphatic rings. The fraction of sp³-hybridized carbons (Fsp3) is 0.529. The number of amides is 1.